The second kappa shape index (κ2) is 6.30. The molecule has 0 saturated heterocycles. The van der Waals surface area contributed by atoms with Gasteiger partial charge in [0, 0.05) is 18.0 Å². The molecule has 3 nitrogen and oxygen atoms in total. The Morgan fingerprint density at radius 1 is 1.30 bits per heavy atom. The fourth-order valence-corrected chi connectivity index (χ4v) is 3.97. The highest BCUT2D eigenvalue weighted by atomic mass is 32.2. The molecular weight excluding hydrogens is 297 g/mol. The summed E-state index contributed by atoms with van der Waals surface area (Å²) in [6, 6.07) is 8.75. The molecule has 1 aromatic carbocycles. The fraction of sp³-hybridized carbons (Fsp3) is 0.143. The maximum absolute atomic E-state index is 13.2. The molecule has 0 aliphatic heterocycles. The van der Waals surface area contributed by atoms with E-state index in [9.17, 15) is 12.8 Å². The molecule has 0 aliphatic rings. The van der Waals surface area contributed by atoms with Gasteiger partial charge in [-0.2, -0.15) is 4.31 Å². The minimum atomic E-state index is -3.73. The van der Waals surface area contributed by atoms with Crippen molar-refractivity contribution in [3.05, 3.63) is 65.1 Å². The van der Waals surface area contributed by atoms with Gasteiger partial charge in [0.05, 0.1) is 4.90 Å². The van der Waals surface area contributed by atoms with Gasteiger partial charge in [-0.05, 0) is 29.6 Å². The normalized spacial score (nSPS) is 11.7. The Labute approximate surface area is 122 Å². The van der Waals surface area contributed by atoms with Gasteiger partial charge in [-0.25, -0.2) is 12.8 Å². The molecule has 0 bridgehead atoms. The Balaban J connectivity index is 2.34. The Kier molecular flexibility index (Phi) is 4.69. The monoisotopic (exact) mass is 311 g/mol. The molecule has 2 rings (SSSR count). The number of thiophene rings is 1. The molecular formula is C14H14FNO2S2. The lowest BCUT2D eigenvalue weighted by Crippen LogP contribution is -2.30. The number of rotatable bonds is 6. The molecule has 106 valence electrons. The number of sulfonamides is 1. The SMILES string of the molecule is C=CCN(Cc1cccs1)S(=O)(=O)c1cccc(F)c1. The van der Waals surface area contributed by atoms with Gasteiger partial charge in [0.1, 0.15) is 5.82 Å². The first-order chi connectivity index (χ1) is 9.54. The fourth-order valence-electron chi connectivity index (χ4n) is 1.74. The van der Waals surface area contributed by atoms with Crippen molar-refractivity contribution in [2.24, 2.45) is 0 Å². The van der Waals surface area contributed by atoms with Crippen LogP contribution in [0.1, 0.15) is 4.88 Å². The lowest BCUT2D eigenvalue weighted by Gasteiger charge is -2.20. The van der Waals surface area contributed by atoms with Gasteiger partial charge in [-0.15, -0.1) is 17.9 Å². The van der Waals surface area contributed by atoms with Crippen LogP contribution in [0.15, 0.2) is 59.3 Å². The highest BCUT2D eigenvalue weighted by molar-refractivity contribution is 7.89. The predicted octanol–water partition coefficient (Wildman–Crippen LogP) is 3.26. The third-order valence-corrected chi connectivity index (χ3v) is 5.35. The van der Waals surface area contributed by atoms with E-state index in [0.717, 1.165) is 10.9 Å². The van der Waals surface area contributed by atoms with Gasteiger partial charge in [-0.3, -0.25) is 0 Å². The van der Waals surface area contributed by atoms with E-state index in [1.807, 2.05) is 17.5 Å². The summed E-state index contributed by atoms with van der Waals surface area (Å²) >= 11 is 1.48. The quantitative estimate of drug-likeness (QED) is 0.768. The van der Waals surface area contributed by atoms with E-state index in [1.54, 1.807) is 0 Å². The zero-order chi connectivity index (χ0) is 14.6. The smallest absolute Gasteiger partial charge is 0.207 e. The molecule has 0 aliphatic carbocycles. The van der Waals surface area contributed by atoms with Crippen molar-refractivity contribution >= 4 is 21.4 Å². The molecule has 0 fully saturated rings. The minimum absolute atomic E-state index is 0.0455. The van der Waals surface area contributed by atoms with E-state index >= 15 is 0 Å². The van der Waals surface area contributed by atoms with Gasteiger partial charge in [0.25, 0.3) is 0 Å². The van der Waals surface area contributed by atoms with Crippen LogP contribution in [0.5, 0.6) is 0 Å². The Morgan fingerprint density at radius 2 is 2.10 bits per heavy atom. The first-order valence-electron chi connectivity index (χ1n) is 5.93. The van der Waals surface area contributed by atoms with Crippen LogP contribution in [0.25, 0.3) is 0 Å². The van der Waals surface area contributed by atoms with Crippen LogP contribution < -0.4 is 0 Å². The van der Waals surface area contributed by atoms with Crippen molar-refractivity contribution < 1.29 is 12.8 Å². The summed E-state index contributed by atoms with van der Waals surface area (Å²) in [5, 5.41) is 1.89. The van der Waals surface area contributed by atoms with Crippen LogP contribution in [0.2, 0.25) is 0 Å². The minimum Gasteiger partial charge on any atom is -0.207 e. The molecule has 0 saturated carbocycles. The second-order valence-corrected chi connectivity index (χ2v) is 7.09. The second-order valence-electron chi connectivity index (χ2n) is 4.12. The van der Waals surface area contributed by atoms with Gasteiger partial charge in [-0.1, -0.05) is 18.2 Å². The molecule has 0 unspecified atom stereocenters. The van der Waals surface area contributed by atoms with Crippen molar-refractivity contribution in [2.45, 2.75) is 11.4 Å². The van der Waals surface area contributed by atoms with Crippen molar-refractivity contribution in [3.8, 4) is 0 Å². The Bertz CT molecular complexity index is 681. The van der Waals surface area contributed by atoms with Crippen molar-refractivity contribution in [1.29, 1.82) is 0 Å². The number of benzene rings is 1. The van der Waals surface area contributed by atoms with Crippen molar-refractivity contribution in [3.63, 3.8) is 0 Å². The average molecular weight is 311 g/mol. The zero-order valence-electron chi connectivity index (χ0n) is 10.7. The summed E-state index contributed by atoms with van der Waals surface area (Å²) in [6.07, 6.45) is 1.52. The molecule has 0 N–H and O–H groups in total. The van der Waals surface area contributed by atoms with Crippen LogP contribution in [-0.2, 0) is 16.6 Å². The van der Waals surface area contributed by atoms with E-state index in [1.165, 1.54) is 39.9 Å². The number of halogens is 1. The third kappa shape index (κ3) is 3.33. The Morgan fingerprint density at radius 3 is 2.70 bits per heavy atom. The van der Waals surface area contributed by atoms with Crippen molar-refractivity contribution in [2.75, 3.05) is 6.54 Å². The lowest BCUT2D eigenvalue weighted by atomic mass is 10.4. The van der Waals surface area contributed by atoms with E-state index in [4.69, 9.17) is 0 Å². The number of hydrogen-bond donors (Lipinski definition) is 0. The standard InChI is InChI=1S/C14H14FNO2S2/c1-2-8-16(11-13-6-4-9-19-13)20(17,18)14-7-3-5-12(15)10-14/h2-7,9-10H,1,8,11H2. The summed E-state index contributed by atoms with van der Waals surface area (Å²) < 4.78 is 39.5. The summed E-state index contributed by atoms with van der Waals surface area (Å²) in [6.45, 7) is 4.01. The molecule has 1 aromatic heterocycles. The number of nitrogens with zero attached hydrogens (tertiary/aromatic N) is 1. The van der Waals surface area contributed by atoms with Crippen LogP contribution in [0.4, 0.5) is 4.39 Å². The summed E-state index contributed by atoms with van der Waals surface area (Å²) in [4.78, 5) is 0.878. The lowest BCUT2D eigenvalue weighted by molar-refractivity contribution is 0.441. The molecule has 0 radical (unpaired) electrons. The Hall–Kier alpha value is -1.50. The summed E-state index contributed by atoms with van der Waals surface area (Å²) in [7, 11) is -3.73. The maximum atomic E-state index is 13.2. The van der Waals surface area contributed by atoms with Crippen LogP contribution in [0, 0.1) is 5.82 Å². The summed E-state index contributed by atoms with van der Waals surface area (Å²) in [5.74, 6) is -0.569. The van der Waals surface area contributed by atoms with Crippen LogP contribution >= 0.6 is 11.3 Å². The zero-order valence-corrected chi connectivity index (χ0v) is 12.3. The van der Waals surface area contributed by atoms with Gasteiger partial charge in [0.2, 0.25) is 10.0 Å². The van der Waals surface area contributed by atoms with E-state index in [2.05, 4.69) is 6.58 Å². The molecule has 1 heterocycles. The predicted molar refractivity (Wildman–Crippen MR) is 78.5 cm³/mol. The number of hydrogen-bond acceptors (Lipinski definition) is 3. The van der Waals surface area contributed by atoms with Crippen LogP contribution in [0.3, 0.4) is 0 Å². The molecule has 0 amide bonds. The topological polar surface area (TPSA) is 37.4 Å². The summed E-state index contributed by atoms with van der Waals surface area (Å²) in [5.41, 5.74) is 0. The molecule has 2 aromatic rings. The van der Waals surface area contributed by atoms with Gasteiger partial charge >= 0.3 is 0 Å². The molecule has 20 heavy (non-hydrogen) atoms. The van der Waals surface area contributed by atoms with Gasteiger partial charge < -0.3 is 0 Å². The maximum Gasteiger partial charge on any atom is 0.243 e. The van der Waals surface area contributed by atoms with Crippen LogP contribution in [-0.4, -0.2) is 19.3 Å². The molecule has 6 heteroatoms. The van der Waals surface area contributed by atoms with E-state index in [-0.39, 0.29) is 18.0 Å². The molecule has 0 spiro atoms. The largest absolute Gasteiger partial charge is 0.243 e. The highest BCUT2D eigenvalue weighted by Crippen LogP contribution is 2.21. The molecule has 0 atom stereocenters. The first-order valence-corrected chi connectivity index (χ1v) is 8.25. The average Bonchev–Trinajstić information content (AvgIpc) is 2.91. The van der Waals surface area contributed by atoms with E-state index < -0.39 is 15.8 Å². The third-order valence-electron chi connectivity index (χ3n) is 2.68. The van der Waals surface area contributed by atoms with Crippen molar-refractivity contribution in [1.82, 2.24) is 4.31 Å². The highest BCUT2D eigenvalue weighted by Gasteiger charge is 2.24. The van der Waals surface area contributed by atoms with E-state index in [0.29, 0.717) is 0 Å². The van der Waals surface area contributed by atoms with Gasteiger partial charge in [0.15, 0.2) is 0 Å². The first kappa shape index (κ1) is 14.9.